The molecule has 4 atom stereocenters. The highest BCUT2D eigenvalue weighted by Crippen LogP contribution is 2.35. The number of nitrogens with two attached hydrogens (primary N) is 1. The van der Waals surface area contributed by atoms with E-state index in [1.54, 1.807) is 23.1 Å². The zero-order valence-electron chi connectivity index (χ0n) is 15.9. The predicted octanol–water partition coefficient (Wildman–Crippen LogP) is 1.62. The number of hydrogen-bond acceptors (Lipinski definition) is 5. The molecule has 2 bridgehead atoms. The minimum atomic E-state index is -0.734. The van der Waals surface area contributed by atoms with Crippen molar-refractivity contribution >= 4 is 35.0 Å². The van der Waals surface area contributed by atoms with E-state index in [0.29, 0.717) is 49.1 Å². The fourth-order valence-corrected chi connectivity index (χ4v) is 5.22. The number of nitriles is 1. The van der Waals surface area contributed by atoms with Gasteiger partial charge in [-0.05, 0) is 31.4 Å². The lowest BCUT2D eigenvalue weighted by atomic mass is 10.1. The molecule has 3 aliphatic rings. The van der Waals surface area contributed by atoms with Crippen molar-refractivity contribution in [2.75, 3.05) is 19.6 Å². The molecule has 0 spiro atoms. The van der Waals surface area contributed by atoms with E-state index in [1.807, 2.05) is 9.80 Å². The zero-order valence-corrected chi connectivity index (χ0v) is 17.4. The number of nitrogens with zero attached hydrogens (tertiary/aromatic N) is 4. The average Bonchev–Trinajstić information content (AvgIpc) is 3.39. The molecule has 2 amide bonds. The van der Waals surface area contributed by atoms with Gasteiger partial charge in [-0.3, -0.25) is 14.5 Å². The third-order valence-corrected chi connectivity index (χ3v) is 6.92. The average molecular weight is 436 g/mol. The number of amides is 2. The van der Waals surface area contributed by atoms with Crippen LogP contribution in [0.5, 0.6) is 0 Å². The smallest absolute Gasteiger partial charge is 0.241 e. The maximum absolute atomic E-state index is 12.9. The van der Waals surface area contributed by atoms with Crippen LogP contribution in [-0.4, -0.2) is 70.3 Å². The lowest BCUT2D eigenvalue weighted by molar-refractivity contribution is -0.139. The molecule has 3 aliphatic heterocycles. The Bertz CT molecular complexity index is 853. The summed E-state index contributed by atoms with van der Waals surface area (Å²) >= 11 is 12.5. The summed E-state index contributed by atoms with van der Waals surface area (Å²) in [6.07, 6.45) is 2.23. The molecule has 9 heteroatoms. The van der Waals surface area contributed by atoms with Crippen molar-refractivity contribution in [2.45, 2.75) is 50.0 Å². The first-order valence-corrected chi connectivity index (χ1v) is 10.6. The number of carbonyl (C=O) groups excluding carboxylic acids is 2. The highest BCUT2D eigenvalue weighted by Gasteiger charge is 2.50. The molecular formula is C20H23Cl2N5O2. The van der Waals surface area contributed by atoms with Crippen molar-refractivity contribution < 1.29 is 9.59 Å². The normalized spacial score (nSPS) is 27.5. The van der Waals surface area contributed by atoms with E-state index in [0.717, 1.165) is 12.0 Å². The Labute approximate surface area is 179 Å². The van der Waals surface area contributed by atoms with Crippen LogP contribution < -0.4 is 5.73 Å². The van der Waals surface area contributed by atoms with E-state index >= 15 is 0 Å². The summed E-state index contributed by atoms with van der Waals surface area (Å²) in [4.78, 5) is 31.0. The summed E-state index contributed by atoms with van der Waals surface area (Å²) in [5.41, 5.74) is 6.92. The Hall–Kier alpha value is -1.85. The topological polar surface area (TPSA) is 93.7 Å². The van der Waals surface area contributed by atoms with Crippen LogP contribution in [0, 0.1) is 11.3 Å². The molecule has 1 aromatic carbocycles. The van der Waals surface area contributed by atoms with Gasteiger partial charge in [-0.25, -0.2) is 0 Å². The first kappa shape index (κ1) is 20.4. The highest BCUT2D eigenvalue weighted by atomic mass is 35.5. The Morgan fingerprint density at radius 3 is 2.72 bits per heavy atom. The van der Waals surface area contributed by atoms with E-state index in [1.165, 1.54) is 0 Å². The molecule has 3 fully saturated rings. The van der Waals surface area contributed by atoms with Gasteiger partial charge in [0.2, 0.25) is 11.8 Å². The number of likely N-dealkylation sites (tertiary alicyclic amines) is 3. The molecule has 0 aliphatic carbocycles. The Balaban J connectivity index is 1.39. The largest absolute Gasteiger partial charge is 0.333 e. The number of benzene rings is 1. The first-order valence-electron chi connectivity index (χ1n) is 9.83. The molecule has 7 nitrogen and oxygen atoms in total. The van der Waals surface area contributed by atoms with Crippen molar-refractivity contribution in [2.24, 2.45) is 5.73 Å². The van der Waals surface area contributed by atoms with Gasteiger partial charge in [0.05, 0.1) is 18.2 Å². The van der Waals surface area contributed by atoms with Gasteiger partial charge >= 0.3 is 0 Å². The lowest BCUT2D eigenvalue weighted by Crippen LogP contribution is -2.56. The van der Waals surface area contributed by atoms with Gasteiger partial charge in [-0.1, -0.05) is 29.3 Å². The fourth-order valence-electron chi connectivity index (χ4n) is 4.70. The van der Waals surface area contributed by atoms with Crippen LogP contribution in [0.25, 0.3) is 0 Å². The Kier molecular flexibility index (Phi) is 5.71. The van der Waals surface area contributed by atoms with Gasteiger partial charge in [0.25, 0.3) is 0 Å². The van der Waals surface area contributed by atoms with Crippen LogP contribution in [0.1, 0.15) is 24.8 Å². The molecule has 0 radical (unpaired) electrons. The van der Waals surface area contributed by atoms with E-state index in [4.69, 9.17) is 28.9 Å². The molecule has 0 saturated carbocycles. The second-order valence-electron chi connectivity index (χ2n) is 7.95. The maximum Gasteiger partial charge on any atom is 0.241 e. The summed E-state index contributed by atoms with van der Waals surface area (Å²) < 4.78 is 0. The van der Waals surface area contributed by atoms with Crippen LogP contribution in [-0.2, 0) is 16.1 Å². The van der Waals surface area contributed by atoms with Gasteiger partial charge in [0.1, 0.15) is 6.04 Å². The second kappa shape index (κ2) is 8.11. The minimum absolute atomic E-state index is 0.0213. The highest BCUT2D eigenvalue weighted by molar-refractivity contribution is 6.36. The number of hydrogen-bond donors (Lipinski definition) is 1. The summed E-state index contributed by atoms with van der Waals surface area (Å²) in [5, 5.41) is 10.3. The van der Waals surface area contributed by atoms with E-state index in [9.17, 15) is 14.9 Å². The predicted molar refractivity (Wildman–Crippen MR) is 109 cm³/mol. The maximum atomic E-state index is 12.9. The molecule has 154 valence electrons. The molecule has 4 rings (SSSR count). The molecule has 2 N–H and O–H groups in total. The molecule has 1 aromatic rings. The number of fused-ring (bicyclic) bond motifs is 2. The van der Waals surface area contributed by atoms with Crippen molar-refractivity contribution in [3.63, 3.8) is 0 Å². The van der Waals surface area contributed by atoms with Crippen molar-refractivity contribution in [3.8, 4) is 6.07 Å². The summed E-state index contributed by atoms with van der Waals surface area (Å²) in [5.74, 6) is -0.183. The van der Waals surface area contributed by atoms with Gasteiger partial charge in [-0.15, -0.1) is 0 Å². The lowest BCUT2D eigenvalue weighted by Gasteiger charge is -2.35. The molecule has 0 aromatic heterocycles. The molecule has 29 heavy (non-hydrogen) atoms. The SMILES string of the molecule is N#C[C@@H]1CCCN1C(=O)[C@@H](N)CN1C[C@H]2C[C@@H]1C(=O)N2Cc1c(Cl)cccc1Cl. The third kappa shape index (κ3) is 3.71. The van der Waals surface area contributed by atoms with Crippen LogP contribution in [0.3, 0.4) is 0 Å². The minimum Gasteiger partial charge on any atom is -0.333 e. The van der Waals surface area contributed by atoms with Crippen LogP contribution >= 0.6 is 23.2 Å². The fraction of sp³-hybridized carbons (Fsp3) is 0.550. The van der Waals surface area contributed by atoms with E-state index < -0.39 is 6.04 Å². The molecular weight excluding hydrogens is 413 g/mol. The Morgan fingerprint density at radius 1 is 1.34 bits per heavy atom. The van der Waals surface area contributed by atoms with Crippen molar-refractivity contribution in [3.05, 3.63) is 33.8 Å². The van der Waals surface area contributed by atoms with Gasteiger partial charge in [0.15, 0.2) is 0 Å². The number of rotatable bonds is 5. The second-order valence-corrected chi connectivity index (χ2v) is 8.77. The summed E-state index contributed by atoms with van der Waals surface area (Å²) in [7, 11) is 0. The monoisotopic (exact) mass is 435 g/mol. The molecule has 3 saturated heterocycles. The van der Waals surface area contributed by atoms with E-state index in [2.05, 4.69) is 6.07 Å². The number of piperazine rings is 1. The number of carbonyl (C=O) groups is 2. The first-order chi connectivity index (χ1) is 13.9. The molecule has 0 unspecified atom stereocenters. The van der Waals surface area contributed by atoms with Crippen molar-refractivity contribution in [1.82, 2.24) is 14.7 Å². The van der Waals surface area contributed by atoms with E-state index in [-0.39, 0.29) is 29.9 Å². The van der Waals surface area contributed by atoms with Gasteiger partial charge in [-0.2, -0.15) is 5.26 Å². The Morgan fingerprint density at radius 2 is 2.07 bits per heavy atom. The van der Waals surface area contributed by atoms with Crippen LogP contribution in [0.4, 0.5) is 0 Å². The molecule has 3 heterocycles. The quantitative estimate of drug-likeness (QED) is 0.757. The third-order valence-electron chi connectivity index (χ3n) is 6.21. The van der Waals surface area contributed by atoms with Crippen LogP contribution in [0.2, 0.25) is 10.0 Å². The van der Waals surface area contributed by atoms with Crippen LogP contribution in [0.15, 0.2) is 18.2 Å². The van der Waals surface area contributed by atoms with Gasteiger partial charge < -0.3 is 15.5 Å². The zero-order chi connectivity index (χ0) is 20.7. The summed E-state index contributed by atoms with van der Waals surface area (Å²) in [6, 6.07) is 6.15. The van der Waals surface area contributed by atoms with Crippen molar-refractivity contribution in [1.29, 1.82) is 5.26 Å². The standard InChI is InChI=1S/C20H23Cl2N5O2/c21-15-4-1-5-16(22)14(15)10-27-13-7-18(20(27)29)25(9-13)11-17(24)19(28)26-6-2-3-12(26)8-23/h1,4-5,12-13,17-18H,2-3,6-7,9-11,24H2/t12-,13+,17-,18+/m0/s1. The van der Waals surface area contributed by atoms with Gasteiger partial charge in [0, 0.05) is 47.8 Å². The summed E-state index contributed by atoms with van der Waals surface area (Å²) in [6.45, 7) is 1.94. The number of halogens is 2.